The van der Waals surface area contributed by atoms with Crippen LogP contribution in [0, 0.1) is 5.92 Å². The molecule has 1 rings (SSSR count). The third-order valence-electron chi connectivity index (χ3n) is 2.99. The number of pyridine rings is 1. The molecule has 0 aromatic carbocycles. The summed E-state index contributed by atoms with van der Waals surface area (Å²) in [6.45, 7) is 6.97. The monoisotopic (exact) mass is 222 g/mol. The Balaban J connectivity index is 2.81. The van der Waals surface area contributed by atoms with Crippen LogP contribution in [0.15, 0.2) is 18.5 Å². The van der Waals surface area contributed by atoms with Gasteiger partial charge in [0.1, 0.15) is 5.75 Å². The molecule has 0 fully saturated rings. The average molecular weight is 222 g/mol. The minimum Gasteiger partial charge on any atom is -0.492 e. The molecule has 1 aromatic heterocycles. The maximum Gasteiger partial charge on any atom is 0.137 e. The minimum absolute atomic E-state index is 0.0582. The molecule has 3 nitrogen and oxygen atoms in total. The van der Waals surface area contributed by atoms with Gasteiger partial charge in [-0.15, -0.1) is 0 Å². The van der Waals surface area contributed by atoms with Gasteiger partial charge in [-0.05, 0) is 24.5 Å². The highest BCUT2D eigenvalue weighted by molar-refractivity contribution is 5.26. The van der Waals surface area contributed by atoms with Crippen LogP contribution in [-0.4, -0.2) is 11.6 Å². The second-order valence-corrected chi connectivity index (χ2v) is 3.99. The van der Waals surface area contributed by atoms with Crippen LogP contribution in [0.4, 0.5) is 0 Å². The lowest BCUT2D eigenvalue weighted by atomic mass is 9.90. The molecule has 16 heavy (non-hydrogen) atoms. The van der Waals surface area contributed by atoms with Crippen LogP contribution in [0.25, 0.3) is 0 Å². The second kappa shape index (κ2) is 6.48. The standard InChI is InChI=1S/C13H22N2O/c1-4-10(5-2)13(14)11-7-12(16-6-3)9-15-8-11/h7-10,13H,4-6,14H2,1-3H3. The van der Waals surface area contributed by atoms with Gasteiger partial charge in [0.15, 0.2) is 0 Å². The van der Waals surface area contributed by atoms with Gasteiger partial charge in [0.05, 0.1) is 12.8 Å². The normalized spacial score (nSPS) is 12.8. The van der Waals surface area contributed by atoms with Crippen molar-refractivity contribution in [3.8, 4) is 5.75 Å². The van der Waals surface area contributed by atoms with Crippen LogP contribution in [0.1, 0.15) is 45.2 Å². The number of hydrogen-bond donors (Lipinski definition) is 1. The third-order valence-corrected chi connectivity index (χ3v) is 2.99. The molecule has 90 valence electrons. The fourth-order valence-corrected chi connectivity index (χ4v) is 1.93. The largest absolute Gasteiger partial charge is 0.492 e. The Kier molecular flexibility index (Phi) is 5.26. The van der Waals surface area contributed by atoms with E-state index >= 15 is 0 Å². The molecule has 0 aliphatic heterocycles. The summed E-state index contributed by atoms with van der Waals surface area (Å²) in [5.41, 5.74) is 7.30. The molecule has 0 aliphatic rings. The van der Waals surface area contributed by atoms with Gasteiger partial charge < -0.3 is 10.5 Å². The van der Waals surface area contributed by atoms with Crippen LogP contribution in [0.3, 0.4) is 0 Å². The number of nitrogens with two attached hydrogens (primary N) is 1. The van der Waals surface area contributed by atoms with Gasteiger partial charge in [0.2, 0.25) is 0 Å². The Bertz CT molecular complexity index is 311. The third kappa shape index (κ3) is 3.20. The van der Waals surface area contributed by atoms with Crippen LogP contribution in [0.5, 0.6) is 5.75 Å². The van der Waals surface area contributed by atoms with Gasteiger partial charge in [-0.2, -0.15) is 0 Å². The highest BCUT2D eigenvalue weighted by Crippen LogP contribution is 2.26. The minimum atomic E-state index is 0.0582. The number of ether oxygens (including phenoxy) is 1. The van der Waals surface area contributed by atoms with E-state index in [1.165, 1.54) is 0 Å². The summed E-state index contributed by atoms with van der Waals surface area (Å²) in [4.78, 5) is 4.17. The Morgan fingerprint density at radius 1 is 1.25 bits per heavy atom. The highest BCUT2D eigenvalue weighted by Gasteiger charge is 2.16. The molecule has 0 bridgehead atoms. The fourth-order valence-electron chi connectivity index (χ4n) is 1.93. The molecule has 0 spiro atoms. The van der Waals surface area contributed by atoms with Crippen LogP contribution < -0.4 is 10.5 Å². The zero-order chi connectivity index (χ0) is 12.0. The summed E-state index contributed by atoms with van der Waals surface area (Å²) in [5, 5.41) is 0. The lowest BCUT2D eigenvalue weighted by Crippen LogP contribution is -2.20. The molecule has 1 unspecified atom stereocenters. The zero-order valence-corrected chi connectivity index (χ0v) is 10.4. The molecule has 0 saturated heterocycles. The highest BCUT2D eigenvalue weighted by atomic mass is 16.5. The smallest absolute Gasteiger partial charge is 0.137 e. The van der Waals surface area contributed by atoms with Crippen molar-refractivity contribution in [1.29, 1.82) is 0 Å². The van der Waals surface area contributed by atoms with Crippen molar-refractivity contribution in [2.75, 3.05) is 6.61 Å². The van der Waals surface area contributed by atoms with Gasteiger partial charge in [0, 0.05) is 12.2 Å². The first-order valence-electron chi connectivity index (χ1n) is 6.06. The van der Waals surface area contributed by atoms with Crippen LogP contribution >= 0.6 is 0 Å². The Labute approximate surface area is 98.0 Å². The Hall–Kier alpha value is -1.09. The van der Waals surface area contributed by atoms with Crippen molar-refractivity contribution in [2.45, 2.75) is 39.7 Å². The summed E-state index contributed by atoms with van der Waals surface area (Å²) < 4.78 is 5.43. The number of rotatable bonds is 6. The van der Waals surface area contributed by atoms with Crippen molar-refractivity contribution in [3.63, 3.8) is 0 Å². The van der Waals surface area contributed by atoms with Gasteiger partial charge >= 0.3 is 0 Å². The molecule has 0 radical (unpaired) electrons. The van der Waals surface area contributed by atoms with Crippen molar-refractivity contribution < 1.29 is 4.74 Å². The number of nitrogens with zero attached hydrogens (tertiary/aromatic N) is 1. The Morgan fingerprint density at radius 2 is 1.94 bits per heavy atom. The number of aromatic nitrogens is 1. The lowest BCUT2D eigenvalue weighted by molar-refractivity contribution is 0.336. The zero-order valence-electron chi connectivity index (χ0n) is 10.4. The molecule has 0 amide bonds. The van der Waals surface area contributed by atoms with Crippen molar-refractivity contribution in [1.82, 2.24) is 4.98 Å². The first kappa shape index (κ1) is 13.0. The van der Waals surface area contributed by atoms with Crippen LogP contribution in [-0.2, 0) is 0 Å². The second-order valence-electron chi connectivity index (χ2n) is 3.99. The molecular formula is C13H22N2O. The van der Waals surface area contributed by atoms with Crippen LogP contribution in [0.2, 0.25) is 0 Å². The molecule has 2 N–H and O–H groups in total. The molecule has 1 aromatic rings. The van der Waals surface area contributed by atoms with Crippen molar-refractivity contribution in [2.24, 2.45) is 11.7 Å². The molecule has 1 heterocycles. The van der Waals surface area contributed by atoms with Gasteiger partial charge in [0.25, 0.3) is 0 Å². The first-order valence-corrected chi connectivity index (χ1v) is 6.06. The topological polar surface area (TPSA) is 48.1 Å². The fraction of sp³-hybridized carbons (Fsp3) is 0.615. The van der Waals surface area contributed by atoms with E-state index in [1.54, 1.807) is 6.20 Å². The predicted molar refractivity (Wildman–Crippen MR) is 66.4 cm³/mol. The van der Waals surface area contributed by atoms with E-state index in [0.29, 0.717) is 12.5 Å². The molecule has 1 atom stereocenters. The Morgan fingerprint density at radius 3 is 2.50 bits per heavy atom. The molecule has 3 heteroatoms. The summed E-state index contributed by atoms with van der Waals surface area (Å²) in [7, 11) is 0. The average Bonchev–Trinajstić information content (AvgIpc) is 2.31. The van der Waals surface area contributed by atoms with E-state index in [-0.39, 0.29) is 6.04 Å². The van der Waals surface area contributed by atoms with E-state index in [9.17, 15) is 0 Å². The lowest BCUT2D eigenvalue weighted by Gasteiger charge is -2.21. The number of hydrogen-bond acceptors (Lipinski definition) is 3. The molecule has 0 saturated carbocycles. The SMILES string of the molecule is CCOc1cncc(C(N)C(CC)CC)c1. The van der Waals surface area contributed by atoms with E-state index in [2.05, 4.69) is 18.8 Å². The first-order chi connectivity index (χ1) is 7.72. The van der Waals surface area contributed by atoms with E-state index in [1.807, 2.05) is 19.2 Å². The van der Waals surface area contributed by atoms with Gasteiger partial charge in [-0.25, -0.2) is 0 Å². The van der Waals surface area contributed by atoms with E-state index in [4.69, 9.17) is 10.5 Å². The summed E-state index contributed by atoms with van der Waals surface area (Å²) in [6, 6.07) is 2.06. The summed E-state index contributed by atoms with van der Waals surface area (Å²) in [6.07, 6.45) is 5.76. The quantitative estimate of drug-likeness (QED) is 0.805. The van der Waals surface area contributed by atoms with Crippen molar-refractivity contribution >= 4 is 0 Å². The molecular weight excluding hydrogens is 200 g/mol. The maximum atomic E-state index is 6.23. The van der Waals surface area contributed by atoms with Gasteiger partial charge in [-0.1, -0.05) is 26.7 Å². The summed E-state index contributed by atoms with van der Waals surface area (Å²) in [5.74, 6) is 1.32. The van der Waals surface area contributed by atoms with E-state index in [0.717, 1.165) is 24.2 Å². The predicted octanol–water partition coefficient (Wildman–Crippen LogP) is 2.92. The van der Waals surface area contributed by atoms with Gasteiger partial charge in [-0.3, -0.25) is 4.98 Å². The summed E-state index contributed by atoms with van der Waals surface area (Å²) >= 11 is 0. The van der Waals surface area contributed by atoms with Crippen molar-refractivity contribution in [3.05, 3.63) is 24.0 Å². The van der Waals surface area contributed by atoms with E-state index < -0.39 is 0 Å². The maximum absolute atomic E-state index is 6.23. The molecule has 0 aliphatic carbocycles.